The molecule has 9 heteroatoms. The Balaban J connectivity index is 1.38. The molecule has 2 atom stereocenters. The lowest BCUT2D eigenvalue weighted by Gasteiger charge is -2.50. The molecule has 0 bridgehead atoms. The zero-order valence-electron chi connectivity index (χ0n) is 28.1. The van der Waals surface area contributed by atoms with Gasteiger partial charge in [-0.05, 0) is 67.3 Å². The minimum atomic E-state index is -0.434. The lowest BCUT2D eigenvalue weighted by Crippen LogP contribution is -2.60. The van der Waals surface area contributed by atoms with E-state index in [2.05, 4.69) is 74.4 Å². The highest BCUT2D eigenvalue weighted by atomic mass is 32.1. The average Bonchev–Trinajstić information content (AvgIpc) is 3.49. The maximum Gasteiger partial charge on any atom is 0.376 e. The highest BCUT2D eigenvalue weighted by Gasteiger charge is 2.41. The van der Waals surface area contributed by atoms with Crippen molar-refractivity contribution in [2.75, 3.05) is 32.7 Å². The molecule has 2 aliphatic rings. The first kappa shape index (κ1) is 33.8. The van der Waals surface area contributed by atoms with Crippen LogP contribution in [0.25, 0.3) is 10.6 Å². The number of aromatic nitrogens is 1. The third kappa shape index (κ3) is 7.87. The van der Waals surface area contributed by atoms with Gasteiger partial charge in [-0.25, -0.2) is 9.37 Å². The number of hydrogen-bond acceptors (Lipinski definition) is 6. The highest BCUT2D eigenvalue weighted by Crippen LogP contribution is 2.38. The number of carbonyl (C=O) groups excluding carboxylic acids is 1. The van der Waals surface area contributed by atoms with Crippen molar-refractivity contribution < 1.29 is 14.2 Å². The molecule has 2 aliphatic heterocycles. The third-order valence-corrected chi connectivity index (χ3v) is 10.5. The first-order chi connectivity index (χ1) is 21.2. The summed E-state index contributed by atoms with van der Waals surface area (Å²) in [5, 5.41) is 12.7. The molecular weight excluding hydrogens is 582 g/mol. The fourth-order valence-corrected chi connectivity index (χ4v) is 7.91. The molecular formula is C36H50BFN4O2S. The molecule has 1 amide bonds. The molecule has 242 valence electrons. The summed E-state index contributed by atoms with van der Waals surface area (Å²) in [7, 11) is -0.434. The van der Waals surface area contributed by atoms with Crippen molar-refractivity contribution in [3.05, 3.63) is 76.5 Å². The Labute approximate surface area is 273 Å². The van der Waals surface area contributed by atoms with Gasteiger partial charge in [-0.2, -0.15) is 0 Å². The number of hydrogen-bond donors (Lipinski definition) is 1. The van der Waals surface area contributed by atoms with E-state index in [0.717, 1.165) is 42.8 Å². The summed E-state index contributed by atoms with van der Waals surface area (Å²) in [6.45, 7) is 18.6. The van der Waals surface area contributed by atoms with Crippen molar-refractivity contribution in [2.24, 2.45) is 11.3 Å². The summed E-state index contributed by atoms with van der Waals surface area (Å²) in [4.78, 5) is 25.2. The number of halogens is 1. The van der Waals surface area contributed by atoms with E-state index in [-0.39, 0.29) is 34.6 Å². The van der Waals surface area contributed by atoms with Crippen LogP contribution in [0, 0.1) is 17.2 Å². The predicted molar refractivity (Wildman–Crippen MR) is 184 cm³/mol. The molecule has 3 heterocycles. The van der Waals surface area contributed by atoms with Crippen molar-refractivity contribution in [1.82, 2.24) is 19.6 Å². The minimum absolute atomic E-state index is 0.0257. The normalized spacial score (nSPS) is 19.9. The van der Waals surface area contributed by atoms with Crippen molar-refractivity contribution in [2.45, 2.75) is 85.1 Å². The number of thiazole rings is 1. The second-order valence-corrected chi connectivity index (χ2v) is 16.0. The van der Waals surface area contributed by atoms with Crippen LogP contribution in [-0.4, -0.2) is 76.3 Å². The number of benzene rings is 2. The monoisotopic (exact) mass is 632 g/mol. The molecule has 1 unspecified atom stereocenters. The number of amides is 1. The van der Waals surface area contributed by atoms with E-state index in [9.17, 15) is 9.82 Å². The molecule has 2 aromatic carbocycles. The van der Waals surface area contributed by atoms with Crippen molar-refractivity contribution in [3.63, 3.8) is 0 Å². The van der Waals surface area contributed by atoms with Crippen LogP contribution in [0.3, 0.4) is 0 Å². The van der Waals surface area contributed by atoms with Gasteiger partial charge >= 0.3 is 7.05 Å². The van der Waals surface area contributed by atoms with E-state index < -0.39 is 7.05 Å². The van der Waals surface area contributed by atoms with Gasteiger partial charge in [0, 0.05) is 48.5 Å². The lowest BCUT2D eigenvalue weighted by molar-refractivity contribution is -0.141. The van der Waals surface area contributed by atoms with Gasteiger partial charge in [0.2, 0.25) is 5.91 Å². The van der Waals surface area contributed by atoms with Crippen molar-refractivity contribution in [1.29, 1.82) is 0 Å². The van der Waals surface area contributed by atoms with E-state index in [1.165, 1.54) is 11.3 Å². The SMILES string of the molecule is CB(O)N1CCC(CC(=O)N2CCN(C(c3ccccc3)c3ccc(-c4nc(C(C)(C)C)cs4)c(F)c3)C[C@@H]2C(C)(C)C)CC1. The second-order valence-electron chi connectivity index (χ2n) is 15.1. The molecule has 0 radical (unpaired) electrons. The predicted octanol–water partition coefficient (Wildman–Crippen LogP) is 7.11. The van der Waals surface area contributed by atoms with Crippen molar-refractivity contribution >= 4 is 24.3 Å². The van der Waals surface area contributed by atoms with Gasteiger partial charge in [-0.3, -0.25) is 9.69 Å². The van der Waals surface area contributed by atoms with Crippen molar-refractivity contribution in [3.8, 4) is 10.6 Å². The molecule has 1 aromatic heterocycles. The summed E-state index contributed by atoms with van der Waals surface area (Å²) < 4.78 is 15.9. The van der Waals surface area contributed by atoms with Gasteiger partial charge in [0.1, 0.15) is 10.8 Å². The number of rotatable bonds is 7. The molecule has 0 saturated carbocycles. The van der Waals surface area contributed by atoms with Gasteiger partial charge in [-0.15, -0.1) is 11.3 Å². The smallest absolute Gasteiger partial charge is 0.376 e. The van der Waals surface area contributed by atoms with E-state index in [4.69, 9.17) is 4.98 Å². The van der Waals surface area contributed by atoms with Crippen LogP contribution in [0.4, 0.5) is 4.39 Å². The molecule has 6 nitrogen and oxygen atoms in total. The first-order valence-corrected chi connectivity index (χ1v) is 17.4. The zero-order valence-corrected chi connectivity index (χ0v) is 28.9. The van der Waals surface area contributed by atoms with Crippen LogP contribution in [0.1, 0.15) is 83.7 Å². The first-order valence-electron chi connectivity index (χ1n) is 16.5. The van der Waals surface area contributed by atoms with Gasteiger partial charge in [0.25, 0.3) is 0 Å². The Kier molecular flexibility index (Phi) is 10.2. The van der Waals surface area contributed by atoms with Crippen LogP contribution >= 0.6 is 11.3 Å². The van der Waals surface area contributed by atoms with Crippen LogP contribution < -0.4 is 0 Å². The average molecular weight is 633 g/mol. The van der Waals surface area contributed by atoms with Gasteiger partial charge in [-0.1, -0.05) is 77.9 Å². The minimum Gasteiger partial charge on any atom is -0.437 e. The molecule has 3 aromatic rings. The van der Waals surface area contributed by atoms with Gasteiger partial charge in [0.15, 0.2) is 0 Å². The molecule has 0 spiro atoms. The standard InChI is InChI=1S/C36H50BFN4O2S/c1-35(2,3)30-24-45-34(39-30)28-14-13-27(22-29(28)38)33(26-11-9-8-10-12-26)40-19-20-42(31(23-40)36(4,5)6)32(43)21-25-15-17-41(18-16-25)37(7)44/h8-14,22,24-25,31,33,44H,15-21,23H2,1-7H3/t31-,33?/m1/s1. The fraction of sp³-hybridized carbons (Fsp3) is 0.556. The summed E-state index contributed by atoms with van der Waals surface area (Å²) in [5.41, 5.74) is 3.31. The van der Waals surface area contributed by atoms with Gasteiger partial charge < -0.3 is 14.7 Å². The lowest BCUT2D eigenvalue weighted by atomic mass is 9.80. The summed E-state index contributed by atoms with van der Waals surface area (Å²) in [6.07, 6.45) is 2.43. The molecule has 45 heavy (non-hydrogen) atoms. The topological polar surface area (TPSA) is 59.9 Å². The Morgan fingerprint density at radius 2 is 1.71 bits per heavy atom. The van der Waals surface area contributed by atoms with E-state index in [1.807, 2.05) is 36.5 Å². The number of nitrogens with zero attached hydrogens (tertiary/aromatic N) is 4. The van der Waals surface area contributed by atoms with E-state index in [0.29, 0.717) is 42.5 Å². The molecule has 2 fully saturated rings. The Hall–Kier alpha value is -2.59. The van der Waals surface area contributed by atoms with E-state index in [1.54, 1.807) is 6.07 Å². The molecule has 1 N–H and O–H groups in total. The maximum absolute atomic E-state index is 15.9. The summed E-state index contributed by atoms with van der Waals surface area (Å²) >= 11 is 1.49. The highest BCUT2D eigenvalue weighted by molar-refractivity contribution is 7.13. The van der Waals surface area contributed by atoms with Crippen LogP contribution in [-0.2, 0) is 10.2 Å². The quantitative estimate of drug-likeness (QED) is 0.282. The Morgan fingerprint density at radius 3 is 2.29 bits per heavy atom. The fourth-order valence-electron chi connectivity index (χ4n) is 6.84. The molecule has 2 saturated heterocycles. The molecule has 0 aliphatic carbocycles. The molecule has 5 rings (SSSR count). The zero-order chi connectivity index (χ0) is 32.5. The number of carbonyl (C=O) groups is 1. The second kappa shape index (κ2) is 13.6. The Morgan fingerprint density at radius 1 is 1.02 bits per heavy atom. The van der Waals surface area contributed by atoms with Crippen LogP contribution in [0.5, 0.6) is 0 Å². The van der Waals surface area contributed by atoms with Gasteiger partial charge in [0.05, 0.1) is 11.7 Å². The summed E-state index contributed by atoms with van der Waals surface area (Å²) in [5.74, 6) is 0.322. The number of piperazine rings is 1. The Bertz CT molecular complexity index is 1440. The van der Waals surface area contributed by atoms with Crippen LogP contribution in [0.15, 0.2) is 53.9 Å². The third-order valence-electron chi connectivity index (χ3n) is 9.67. The maximum atomic E-state index is 15.9. The number of piperidine rings is 1. The summed E-state index contributed by atoms with van der Waals surface area (Å²) in [6, 6.07) is 15.9. The van der Waals surface area contributed by atoms with Crippen LogP contribution in [0.2, 0.25) is 6.82 Å². The largest absolute Gasteiger partial charge is 0.437 e. The van der Waals surface area contributed by atoms with E-state index >= 15 is 4.39 Å².